The van der Waals surface area contributed by atoms with Gasteiger partial charge in [-0.25, -0.2) is 0 Å². The molecule has 3 heteroatoms. The third-order valence-corrected chi connectivity index (χ3v) is 4.25. The van der Waals surface area contributed by atoms with Crippen LogP contribution in [0.2, 0.25) is 0 Å². The van der Waals surface area contributed by atoms with Gasteiger partial charge in [0.2, 0.25) is 0 Å². The fraction of sp³-hybridized carbons (Fsp3) is 0.350. The highest BCUT2D eigenvalue weighted by molar-refractivity contribution is 5.85. The van der Waals surface area contributed by atoms with Crippen molar-refractivity contribution >= 4 is 12.4 Å². The van der Waals surface area contributed by atoms with Crippen molar-refractivity contribution < 1.29 is 0 Å². The van der Waals surface area contributed by atoms with Gasteiger partial charge in [-0.1, -0.05) is 61.5 Å². The van der Waals surface area contributed by atoms with Crippen molar-refractivity contribution in [2.75, 3.05) is 20.6 Å². The van der Waals surface area contributed by atoms with E-state index in [1.165, 1.54) is 5.56 Å². The van der Waals surface area contributed by atoms with E-state index in [0.29, 0.717) is 0 Å². The van der Waals surface area contributed by atoms with Crippen LogP contribution in [-0.4, -0.2) is 25.5 Å². The van der Waals surface area contributed by atoms with E-state index in [9.17, 15) is 5.26 Å². The fourth-order valence-corrected chi connectivity index (χ4v) is 2.97. The molecule has 0 aliphatic rings. The molecule has 0 radical (unpaired) electrons. The fourth-order valence-electron chi connectivity index (χ4n) is 2.97. The number of nitriles is 1. The summed E-state index contributed by atoms with van der Waals surface area (Å²) in [6, 6.07) is 21.2. The van der Waals surface area contributed by atoms with Crippen molar-refractivity contribution in [1.82, 2.24) is 4.90 Å². The largest absolute Gasteiger partial charge is 0.309 e. The first-order valence-corrected chi connectivity index (χ1v) is 7.84. The van der Waals surface area contributed by atoms with Gasteiger partial charge in [-0.05, 0) is 50.2 Å². The number of halogens is 1. The van der Waals surface area contributed by atoms with Crippen LogP contribution in [0.1, 0.15) is 30.0 Å². The Morgan fingerprint density at radius 1 is 1.00 bits per heavy atom. The molecule has 0 fully saturated rings. The summed E-state index contributed by atoms with van der Waals surface area (Å²) in [7, 11) is 4.11. The maximum absolute atomic E-state index is 10.1. The van der Waals surface area contributed by atoms with Crippen molar-refractivity contribution in [2.24, 2.45) is 0 Å². The average Bonchev–Trinajstić information content (AvgIpc) is 2.57. The molecular weight excluding hydrogens is 304 g/mol. The van der Waals surface area contributed by atoms with Gasteiger partial charge in [0.25, 0.3) is 0 Å². The van der Waals surface area contributed by atoms with Crippen molar-refractivity contribution in [3.8, 4) is 6.07 Å². The first-order chi connectivity index (χ1) is 10.6. The molecule has 122 valence electrons. The third-order valence-electron chi connectivity index (χ3n) is 4.25. The Morgan fingerprint density at radius 3 is 2.17 bits per heavy atom. The van der Waals surface area contributed by atoms with Crippen LogP contribution in [0, 0.1) is 11.3 Å². The highest BCUT2D eigenvalue weighted by Gasteiger charge is 2.35. The van der Waals surface area contributed by atoms with Gasteiger partial charge in [-0.3, -0.25) is 0 Å². The predicted octanol–water partition coefficient (Wildman–Crippen LogP) is 4.43. The van der Waals surface area contributed by atoms with Gasteiger partial charge in [0.1, 0.15) is 5.41 Å². The van der Waals surface area contributed by atoms with E-state index in [-0.39, 0.29) is 12.4 Å². The van der Waals surface area contributed by atoms with E-state index in [0.717, 1.165) is 30.5 Å². The summed E-state index contributed by atoms with van der Waals surface area (Å²) in [6.07, 6.45) is 1.73. The molecule has 0 aliphatic heterocycles. The minimum atomic E-state index is -0.585. The first kappa shape index (κ1) is 19.2. The normalized spacial score (nSPS) is 13.0. The van der Waals surface area contributed by atoms with Crippen molar-refractivity contribution in [2.45, 2.75) is 25.2 Å². The Labute approximate surface area is 146 Å². The summed E-state index contributed by atoms with van der Waals surface area (Å²) in [5.41, 5.74) is 2.90. The maximum atomic E-state index is 10.1. The third kappa shape index (κ3) is 4.13. The van der Waals surface area contributed by atoms with Gasteiger partial charge >= 0.3 is 0 Å². The van der Waals surface area contributed by atoms with E-state index < -0.39 is 5.41 Å². The van der Waals surface area contributed by atoms with Crippen LogP contribution in [0.5, 0.6) is 0 Å². The van der Waals surface area contributed by atoms with Crippen LogP contribution < -0.4 is 0 Å². The molecule has 0 saturated heterocycles. The van der Waals surface area contributed by atoms with Crippen LogP contribution in [0.4, 0.5) is 0 Å². The summed E-state index contributed by atoms with van der Waals surface area (Å²) in [4.78, 5) is 2.14. The lowest BCUT2D eigenvalue weighted by Gasteiger charge is -2.31. The lowest BCUT2D eigenvalue weighted by atomic mass is 9.71. The highest BCUT2D eigenvalue weighted by Crippen LogP contribution is 2.37. The molecular formula is C20H25ClN2. The number of hydrogen-bond donors (Lipinski definition) is 0. The molecule has 2 aromatic rings. The number of benzene rings is 2. The zero-order valence-corrected chi connectivity index (χ0v) is 14.9. The summed E-state index contributed by atoms with van der Waals surface area (Å²) in [5.74, 6) is 0. The lowest BCUT2D eigenvalue weighted by molar-refractivity contribution is 0.371. The second kappa shape index (κ2) is 8.72. The minimum Gasteiger partial charge on any atom is -0.309 e. The van der Waals surface area contributed by atoms with Gasteiger partial charge in [-0.15, -0.1) is 12.4 Å². The lowest BCUT2D eigenvalue weighted by Crippen LogP contribution is -2.31. The van der Waals surface area contributed by atoms with E-state index >= 15 is 0 Å². The van der Waals surface area contributed by atoms with Crippen LogP contribution in [0.3, 0.4) is 0 Å². The summed E-state index contributed by atoms with van der Waals surface area (Å²) >= 11 is 0. The number of aryl methyl sites for hydroxylation is 1. The van der Waals surface area contributed by atoms with Crippen molar-refractivity contribution in [3.05, 3.63) is 71.3 Å². The van der Waals surface area contributed by atoms with E-state index in [4.69, 9.17) is 0 Å². The first-order valence-electron chi connectivity index (χ1n) is 7.84. The van der Waals surface area contributed by atoms with Crippen molar-refractivity contribution in [3.63, 3.8) is 0 Å². The topological polar surface area (TPSA) is 27.0 Å². The van der Waals surface area contributed by atoms with Crippen LogP contribution in [0.25, 0.3) is 0 Å². The molecule has 0 spiro atoms. The molecule has 2 nitrogen and oxygen atoms in total. The minimum absolute atomic E-state index is 0. The zero-order chi connectivity index (χ0) is 16.0. The molecule has 2 rings (SSSR count). The molecule has 0 heterocycles. The van der Waals surface area contributed by atoms with E-state index in [2.05, 4.69) is 62.3 Å². The zero-order valence-electron chi connectivity index (χ0n) is 14.1. The second-order valence-electron chi connectivity index (χ2n) is 5.95. The van der Waals surface area contributed by atoms with Gasteiger partial charge in [0.05, 0.1) is 6.07 Å². The molecule has 0 N–H and O–H groups in total. The SMILES string of the molecule is CCc1ccccc1C(C#N)(CCN(C)C)c1ccccc1.Cl. The van der Waals surface area contributed by atoms with Crippen LogP contribution in [-0.2, 0) is 11.8 Å². The van der Waals surface area contributed by atoms with Crippen molar-refractivity contribution in [1.29, 1.82) is 5.26 Å². The molecule has 0 aliphatic carbocycles. The molecule has 0 bridgehead atoms. The van der Waals surface area contributed by atoms with E-state index in [1.807, 2.05) is 24.3 Å². The smallest absolute Gasteiger partial charge is 0.109 e. The number of hydrogen-bond acceptors (Lipinski definition) is 2. The molecule has 0 saturated carbocycles. The highest BCUT2D eigenvalue weighted by atomic mass is 35.5. The Morgan fingerprint density at radius 2 is 1.61 bits per heavy atom. The predicted molar refractivity (Wildman–Crippen MR) is 99.1 cm³/mol. The van der Waals surface area contributed by atoms with Crippen LogP contribution >= 0.6 is 12.4 Å². The molecule has 1 atom stereocenters. The Hall–Kier alpha value is -1.82. The maximum Gasteiger partial charge on any atom is 0.109 e. The number of rotatable bonds is 6. The Balaban J connectivity index is 0.00000264. The molecule has 0 aromatic heterocycles. The Kier molecular flexibility index (Phi) is 7.29. The number of nitrogens with zero attached hydrogens (tertiary/aromatic N) is 2. The summed E-state index contributed by atoms with van der Waals surface area (Å²) in [5, 5.41) is 10.1. The standard InChI is InChI=1S/C20H24N2.ClH/c1-4-17-10-8-9-13-19(17)20(16-21,14-15-22(2)3)18-11-6-5-7-12-18;/h5-13H,4,14-15H2,1-3H3;1H. The molecule has 0 amide bonds. The Bertz CT molecular complexity index is 646. The summed E-state index contributed by atoms with van der Waals surface area (Å²) < 4.78 is 0. The van der Waals surface area contributed by atoms with Gasteiger partial charge in [-0.2, -0.15) is 5.26 Å². The molecule has 2 aromatic carbocycles. The van der Waals surface area contributed by atoms with Gasteiger partial charge in [0, 0.05) is 0 Å². The monoisotopic (exact) mass is 328 g/mol. The molecule has 1 unspecified atom stereocenters. The van der Waals surface area contributed by atoms with Gasteiger partial charge < -0.3 is 4.90 Å². The quantitative estimate of drug-likeness (QED) is 0.784. The van der Waals surface area contributed by atoms with E-state index in [1.54, 1.807) is 0 Å². The van der Waals surface area contributed by atoms with Gasteiger partial charge in [0.15, 0.2) is 0 Å². The summed E-state index contributed by atoms with van der Waals surface area (Å²) in [6.45, 7) is 3.03. The average molecular weight is 329 g/mol. The molecule has 23 heavy (non-hydrogen) atoms. The van der Waals surface area contributed by atoms with Crippen LogP contribution in [0.15, 0.2) is 54.6 Å². The second-order valence-corrected chi connectivity index (χ2v) is 5.95.